The van der Waals surface area contributed by atoms with Gasteiger partial charge in [-0.05, 0) is 41.5 Å². The number of anilines is 1. The highest BCUT2D eigenvalue weighted by Gasteiger charge is 2.09. The Bertz CT molecular complexity index is 570. The van der Waals surface area contributed by atoms with Crippen molar-refractivity contribution in [1.29, 1.82) is 0 Å². The third kappa shape index (κ3) is 4.83. The van der Waals surface area contributed by atoms with Crippen molar-refractivity contribution in [3.63, 3.8) is 0 Å². The van der Waals surface area contributed by atoms with Crippen molar-refractivity contribution >= 4 is 21.6 Å². The molecule has 21 heavy (non-hydrogen) atoms. The molecule has 112 valence electrons. The summed E-state index contributed by atoms with van der Waals surface area (Å²) < 4.78 is 1.11. The Morgan fingerprint density at radius 1 is 1.19 bits per heavy atom. The summed E-state index contributed by atoms with van der Waals surface area (Å²) in [7, 11) is 2.13. The number of halogens is 1. The summed E-state index contributed by atoms with van der Waals surface area (Å²) in [6.07, 6.45) is 3.68. The molecule has 0 aliphatic carbocycles. The van der Waals surface area contributed by atoms with Crippen molar-refractivity contribution in [3.8, 4) is 0 Å². The Morgan fingerprint density at radius 3 is 2.57 bits per heavy atom. The topological polar surface area (TPSA) is 28.2 Å². The summed E-state index contributed by atoms with van der Waals surface area (Å²) in [6, 6.07) is 11.0. The number of benzene rings is 1. The van der Waals surface area contributed by atoms with Gasteiger partial charge in [-0.15, -0.1) is 0 Å². The third-order valence-electron chi connectivity index (χ3n) is 3.32. The van der Waals surface area contributed by atoms with Crippen LogP contribution in [-0.4, -0.2) is 18.1 Å². The zero-order valence-electron chi connectivity index (χ0n) is 12.8. The minimum absolute atomic E-state index is 0.474. The molecule has 0 fully saturated rings. The first-order valence-corrected chi connectivity index (χ1v) is 7.97. The molecule has 0 atom stereocenters. The maximum atomic E-state index is 4.07. The maximum Gasteiger partial charge on any atom is 0.0427 e. The normalized spacial score (nSPS) is 10.9. The molecule has 2 aromatic rings. The lowest BCUT2D eigenvalue weighted by Gasteiger charge is -2.23. The average Bonchev–Trinajstić information content (AvgIpc) is 2.46. The number of hydrogen-bond donors (Lipinski definition) is 1. The predicted octanol–water partition coefficient (Wildman–Crippen LogP) is 3.98. The Labute approximate surface area is 135 Å². The van der Waals surface area contributed by atoms with Crippen LogP contribution in [0, 0.1) is 0 Å². The van der Waals surface area contributed by atoms with Crippen LogP contribution in [0.4, 0.5) is 5.69 Å². The van der Waals surface area contributed by atoms with E-state index < -0.39 is 0 Å². The molecule has 0 spiro atoms. The van der Waals surface area contributed by atoms with E-state index in [0.717, 1.165) is 17.6 Å². The molecule has 0 radical (unpaired) electrons. The summed E-state index contributed by atoms with van der Waals surface area (Å²) in [5.74, 6) is 0. The lowest BCUT2D eigenvalue weighted by Crippen LogP contribution is -2.24. The summed E-state index contributed by atoms with van der Waals surface area (Å²) >= 11 is 3.56. The summed E-state index contributed by atoms with van der Waals surface area (Å²) in [4.78, 5) is 6.35. The van der Waals surface area contributed by atoms with Crippen molar-refractivity contribution in [2.75, 3.05) is 11.9 Å². The van der Waals surface area contributed by atoms with E-state index in [1.807, 2.05) is 12.4 Å². The van der Waals surface area contributed by atoms with Crippen molar-refractivity contribution in [2.24, 2.45) is 0 Å². The Hall–Kier alpha value is -1.39. The number of rotatable bonds is 6. The van der Waals surface area contributed by atoms with Crippen molar-refractivity contribution in [3.05, 3.63) is 58.3 Å². The van der Waals surface area contributed by atoms with Gasteiger partial charge in [0.05, 0.1) is 0 Å². The van der Waals surface area contributed by atoms with Crippen LogP contribution in [0.15, 0.2) is 47.2 Å². The van der Waals surface area contributed by atoms with E-state index in [1.165, 1.54) is 16.8 Å². The maximum absolute atomic E-state index is 4.07. The quantitative estimate of drug-likeness (QED) is 0.856. The van der Waals surface area contributed by atoms with Crippen LogP contribution in [0.5, 0.6) is 0 Å². The van der Waals surface area contributed by atoms with Crippen molar-refractivity contribution in [1.82, 2.24) is 10.3 Å². The van der Waals surface area contributed by atoms with Gasteiger partial charge in [0.1, 0.15) is 0 Å². The molecule has 0 amide bonds. The molecule has 3 nitrogen and oxygen atoms in total. The van der Waals surface area contributed by atoms with Gasteiger partial charge < -0.3 is 10.2 Å². The van der Waals surface area contributed by atoms with Gasteiger partial charge in [0.15, 0.2) is 0 Å². The van der Waals surface area contributed by atoms with Gasteiger partial charge in [-0.25, -0.2) is 0 Å². The molecule has 4 heteroatoms. The molecule has 0 bridgehead atoms. The van der Waals surface area contributed by atoms with Gasteiger partial charge in [0, 0.05) is 48.7 Å². The molecule has 1 aromatic carbocycles. The molecule has 0 aliphatic heterocycles. The molecule has 0 saturated carbocycles. The summed E-state index contributed by atoms with van der Waals surface area (Å²) in [5, 5.41) is 3.49. The second-order valence-corrected chi connectivity index (χ2v) is 6.44. The van der Waals surface area contributed by atoms with Crippen LogP contribution in [0.2, 0.25) is 0 Å². The number of aromatic nitrogens is 1. The Kier molecular flexibility index (Phi) is 5.76. The van der Waals surface area contributed by atoms with Gasteiger partial charge in [0.2, 0.25) is 0 Å². The van der Waals surface area contributed by atoms with E-state index >= 15 is 0 Å². The number of hydrogen-bond acceptors (Lipinski definition) is 3. The van der Waals surface area contributed by atoms with Gasteiger partial charge >= 0.3 is 0 Å². The first kappa shape index (κ1) is 16.0. The minimum atomic E-state index is 0.474. The van der Waals surface area contributed by atoms with Crippen LogP contribution < -0.4 is 10.2 Å². The highest BCUT2D eigenvalue weighted by molar-refractivity contribution is 9.10. The highest BCUT2D eigenvalue weighted by atomic mass is 79.9. The molecule has 1 aromatic heterocycles. The second-order valence-electron chi connectivity index (χ2n) is 5.52. The SMILES string of the molecule is CC(C)NCc1cc(Br)ccc1N(C)Cc1ccncc1. The average molecular weight is 348 g/mol. The van der Waals surface area contributed by atoms with Crippen LogP contribution in [0.1, 0.15) is 25.0 Å². The zero-order valence-corrected chi connectivity index (χ0v) is 14.4. The predicted molar refractivity (Wildman–Crippen MR) is 92.5 cm³/mol. The summed E-state index contributed by atoms with van der Waals surface area (Å²) in [5.41, 5.74) is 3.82. The van der Waals surface area contributed by atoms with E-state index in [1.54, 1.807) is 0 Å². The zero-order chi connectivity index (χ0) is 15.2. The van der Waals surface area contributed by atoms with E-state index in [9.17, 15) is 0 Å². The molecule has 1 N–H and O–H groups in total. The van der Waals surface area contributed by atoms with Crippen molar-refractivity contribution in [2.45, 2.75) is 33.0 Å². The Morgan fingerprint density at radius 2 is 1.90 bits per heavy atom. The van der Waals surface area contributed by atoms with Gasteiger partial charge in [-0.2, -0.15) is 0 Å². The number of pyridine rings is 1. The molecular formula is C17H22BrN3. The molecular weight excluding hydrogens is 326 g/mol. The lowest BCUT2D eigenvalue weighted by atomic mass is 10.1. The van der Waals surface area contributed by atoms with Crippen LogP contribution in [0.25, 0.3) is 0 Å². The fourth-order valence-corrected chi connectivity index (χ4v) is 2.64. The first-order valence-electron chi connectivity index (χ1n) is 7.18. The lowest BCUT2D eigenvalue weighted by molar-refractivity contribution is 0.588. The minimum Gasteiger partial charge on any atom is -0.370 e. The fourth-order valence-electron chi connectivity index (χ4n) is 2.23. The van der Waals surface area contributed by atoms with Gasteiger partial charge in [-0.3, -0.25) is 4.98 Å². The first-order chi connectivity index (χ1) is 10.1. The molecule has 1 heterocycles. The monoisotopic (exact) mass is 347 g/mol. The van der Waals surface area contributed by atoms with Crippen LogP contribution in [-0.2, 0) is 13.1 Å². The van der Waals surface area contributed by atoms with E-state index in [0.29, 0.717) is 6.04 Å². The van der Waals surface area contributed by atoms with Crippen LogP contribution in [0.3, 0.4) is 0 Å². The summed E-state index contributed by atoms with van der Waals surface area (Å²) in [6.45, 7) is 6.07. The highest BCUT2D eigenvalue weighted by Crippen LogP contribution is 2.25. The smallest absolute Gasteiger partial charge is 0.0427 e. The standard InChI is InChI=1S/C17H22BrN3/c1-13(2)20-11-15-10-16(18)4-5-17(15)21(3)12-14-6-8-19-9-7-14/h4-10,13,20H,11-12H2,1-3H3. The number of nitrogens with zero attached hydrogens (tertiary/aromatic N) is 2. The van der Waals surface area contributed by atoms with Gasteiger partial charge in [-0.1, -0.05) is 29.8 Å². The largest absolute Gasteiger partial charge is 0.370 e. The fraction of sp³-hybridized carbons (Fsp3) is 0.353. The van der Waals surface area contributed by atoms with E-state index in [-0.39, 0.29) is 0 Å². The molecule has 0 saturated heterocycles. The molecule has 0 unspecified atom stereocenters. The molecule has 2 rings (SSSR count). The van der Waals surface area contributed by atoms with Crippen molar-refractivity contribution < 1.29 is 0 Å². The van der Waals surface area contributed by atoms with E-state index in [2.05, 4.69) is 82.4 Å². The third-order valence-corrected chi connectivity index (χ3v) is 3.82. The second kappa shape index (κ2) is 7.57. The Balaban J connectivity index is 2.17. The van der Waals surface area contributed by atoms with E-state index in [4.69, 9.17) is 0 Å². The van der Waals surface area contributed by atoms with Gasteiger partial charge in [0.25, 0.3) is 0 Å². The number of nitrogens with one attached hydrogen (secondary N) is 1. The van der Waals surface area contributed by atoms with Crippen LogP contribution >= 0.6 is 15.9 Å². The molecule has 0 aliphatic rings.